The molecule has 0 fully saturated rings. The van der Waals surface area contributed by atoms with E-state index in [2.05, 4.69) is 69.4 Å². The first-order valence-electron chi connectivity index (χ1n) is 18.6. The Labute approximate surface area is 264 Å². The summed E-state index contributed by atoms with van der Waals surface area (Å²) in [6.45, 7) is 6.88. The summed E-state index contributed by atoms with van der Waals surface area (Å²) in [7, 11) is 0. The molecule has 0 aliphatic carbocycles. The highest BCUT2D eigenvalue weighted by Gasteiger charge is 2.32. The smallest absolute Gasteiger partial charge is 0.0502 e. The van der Waals surface area contributed by atoms with E-state index in [4.69, 9.17) is 5.73 Å². The molecule has 42 heavy (non-hydrogen) atoms. The summed E-state index contributed by atoms with van der Waals surface area (Å²) in [6, 6.07) is 0.0680. The molecule has 0 aromatic carbocycles. The molecule has 0 aromatic rings. The standard InChI is InChI=1S/C40H75NO/c1-4-6-8-10-12-14-16-18-20-22-24-26-28-30-32-34-36-40(38-42,39(3)41)37-35-33-31-29-27-25-23-21-19-17-15-13-11-9-7-5-2/h12-15,18-21,39,42H,4-11,16-17,22-38,41H2,1-3H3/b14-12-,15-13-,20-18-,21-19-. The molecule has 0 bridgehead atoms. The zero-order chi connectivity index (χ0) is 30.8. The van der Waals surface area contributed by atoms with Gasteiger partial charge in [-0.15, -0.1) is 0 Å². The van der Waals surface area contributed by atoms with Gasteiger partial charge >= 0.3 is 0 Å². The Balaban J connectivity index is 3.80. The SMILES string of the molecule is CCCCC/C=C\C/C=C\CCCCCCCCC(CO)(CCCCCCCC/C=C\C/C=C\CCCCC)C(C)N. The van der Waals surface area contributed by atoms with Gasteiger partial charge in [0.15, 0.2) is 0 Å². The molecule has 0 spiro atoms. The minimum absolute atomic E-state index is 0.0680. The third-order valence-electron chi connectivity index (χ3n) is 9.03. The average molecular weight is 586 g/mol. The number of hydrogen-bond donors (Lipinski definition) is 2. The molecule has 246 valence electrons. The van der Waals surface area contributed by atoms with E-state index in [9.17, 15) is 5.11 Å². The van der Waals surface area contributed by atoms with Crippen molar-refractivity contribution >= 4 is 0 Å². The highest BCUT2D eigenvalue weighted by atomic mass is 16.3. The molecular formula is C40H75NO. The van der Waals surface area contributed by atoms with Crippen molar-refractivity contribution in [2.45, 2.75) is 194 Å². The number of unbranched alkanes of at least 4 members (excludes halogenated alkanes) is 18. The van der Waals surface area contributed by atoms with E-state index in [0.717, 1.165) is 25.7 Å². The van der Waals surface area contributed by atoms with Crippen LogP contribution in [0.3, 0.4) is 0 Å². The summed E-state index contributed by atoms with van der Waals surface area (Å²) in [5.41, 5.74) is 6.35. The molecule has 0 aromatic heterocycles. The van der Waals surface area contributed by atoms with Crippen LogP contribution in [-0.2, 0) is 0 Å². The number of allylic oxidation sites excluding steroid dienone is 8. The van der Waals surface area contributed by atoms with Gasteiger partial charge in [-0.1, -0.05) is 152 Å². The van der Waals surface area contributed by atoms with Gasteiger partial charge in [-0.25, -0.2) is 0 Å². The summed E-state index contributed by atoms with van der Waals surface area (Å²) in [5, 5.41) is 10.3. The first-order valence-corrected chi connectivity index (χ1v) is 18.6. The molecule has 0 amide bonds. The number of nitrogens with two attached hydrogens (primary N) is 1. The molecule has 0 rings (SSSR count). The third kappa shape index (κ3) is 26.5. The minimum Gasteiger partial charge on any atom is -0.396 e. The number of aliphatic hydroxyl groups is 1. The molecule has 1 unspecified atom stereocenters. The van der Waals surface area contributed by atoms with Gasteiger partial charge in [0.2, 0.25) is 0 Å². The first-order chi connectivity index (χ1) is 20.6. The zero-order valence-electron chi connectivity index (χ0n) is 28.8. The third-order valence-corrected chi connectivity index (χ3v) is 9.03. The number of rotatable bonds is 32. The first kappa shape index (κ1) is 40.9. The van der Waals surface area contributed by atoms with Crippen LogP contribution in [0.4, 0.5) is 0 Å². The topological polar surface area (TPSA) is 46.2 Å². The van der Waals surface area contributed by atoms with Gasteiger partial charge in [0.05, 0.1) is 6.61 Å². The molecule has 0 saturated carbocycles. The van der Waals surface area contributed by atoms with Crippen molar-refractivity contribution < 1.29 is 5.11 Å². The summed E-state index contributed by atoms with van der Waals surface area (Å²) in [5.74, 6) is 0. The maximum atomic E-state index is 10.3. The van der Waals surface area contributed by atoms with Gasteiger partial charge in [-0.05, 0) is 84.0 Å². The Morgan fingerprint density at radius 3 is 1.10 bits per heavy atom. The predicted molar refractivity (Wildman–Crippen MR) is 191 cm³/mol. The summed E-state index contributed by atoms with van der Waals surface area (Å²) in [6.07, 6.45) is 51.5. The molecule has 2 nitrogen and oxygen atoms in total. The van der Waals surface area contributed by atoms with Crippen molar-refractivity contribution in [1.29, 1.82) is 0 Å². The van der Waals surface area contributed by atoms with Crippen molar-refractivity contribution in [3.05, 3.63) is 48.6 Å². The van der Waals surface area contributed by atoms with Crippen molar-refractivity contribution in [2.75, 3.05) is 6.61 Å². The fraction of sp³-hybridized carbons (Fsp3) is 0.800. The van der Waals surface area contributed by atoms with Crippen molar-refractivity contribution in [3.63, 3.8) is 0 Å². The zero-order valence-corrected chi connectivity index (χ0v) is 28.8. The number of hydrogen-bond acceptors (Lipinski definition) is 2. The fourth-order valence-electron chi connectivity index (χ4n) is 5.81. The maximum absolute atomic E-state index is 10.3. The van der Waals surface area contributed by atoms with Gasteiger partial charge < -0.3 is 10.8 Å². The molecule has 1 atom stereocenters. The van der Waals surface area contributed by atoms with E-state index in [1.165, 1.54) is 141 Å². The van der Waals surface area contributed by atoms with E-state index in [-0.39, 0.29) is 18.1 Å². The lowest BCUT2D eigenvalue weighted by molar-refractivity contribution is 0.0767. The van der Waals surface area contributed by atoms with Crippen LogP contribution in [-0.4, -0.2) is 17.8 Å². The van der Waals surface area contributed by atoms with Crippen LogP contribution in [0.2, 0.25) is 0 Å². The second-order valence-corrected chi connectivity index (χ2v) is 13.0. The van der Waals surface area contributed by atoms with E-state index in [1.807, 2.05) is 0 Å². The van der Waals surface area contributed by atoms with Gasteiger partial charge in [0.1, 0.15) is 0 Å². The quantitative estimate of drug-likeness (QED) is 0.0609. The van der Waals surface area contributed by atoms with Crippen molar-refractivity contribution in [1.82, 2.24) is 0 Å². The Morgan fingerprint density at radius 1 is 0.476 bits per heavy atom. The molecular weight excluding hydrogens is 510 g/mol. The van der Waals surface area contributed by atoms with Gasteiger partial charge in [-0.3, -0.25) is 0 Å². The Bertz CT molecular complexity index is 596. The number of aliphatic hydroxyl groups excluding tert-OH is 1. The maximum Gasteiger partial charge on any atom is 0.0502 e. The normalized spacial score (nSPS) is 13.5. The molecule has 3 N–H and O–H groups in total. The highest BCUT2D eigenvalue weighted by molar-refractivity contribution is 4.93. The molecule has 0 radical (unpaired) electrons. The molecule has 0 saturated heterocycles. The van der Waals surface area contributed by atoms with Crippen LogP contribution in [0.15, 0.2) is 48.6 Å². The Hall–Kier alpha value is -1.12. The molecule has 2 heteroatoms. The van der Waals surface area contributed by atoms with Crippen LogP contribution in [0.1, 0.15) is 188 Å². The predicted octanol–water partition coefficient (Wildman–Crippen LogP) is 12.7. The lowest BCUT2D eigenvalue weighted by Gasteiger charge is -2.36. The second-order valence-electron chi connectivity index (χ2n) is 13.0. The lowest BCUT2D eigenvalue weighted by Crippen LogP contribution is -2.42. The van der Waals surface area contributed by atoms with Crippen LogP contribution in [0.5, 0.6) is 0 Å². The summed E-state index contributed by atoms with van der Waals surface area (Å²) >= 11 is 0. The van der Waals surface area contributed by atoms with Gasteiger partial charge in [0.25, 0.3) is 0 Å². The Morgan fingerprint density at radius 2 is 0.786 bits per heavy atom. The van der Waals surface area contributed by atoms with Gasteiger partial charge in [-0.2, -0.15) is 0 Å². The fourth-order valence-corrected chi connectivity index (χ4v) is 5.81. The van der Waals surface area contributed by atoms with Crippen LogP contribution in [0.25, 0.3) is 0 Å². The van der Waals surface area contributed by atoms with Gasteiger partial charge in [0, 0.05) is 11.5 Å². The van der Waals surface area contributed by atoms with Crippen molar-refractivity contribution in [3.8, 4) is 0 Å². The van der Waals surface area contributed by atoms with Crippen LogP contribution < -0.4 is 5.73 Å². The molecule has 0 aliphatic rings. The Kier molecular flexibility index (Phi) is 31.9. The molecule has 0 heterocycles. The highest BCUT2D eigenvalue weighted by Crippen LogP contribution is 2.34. The van der Waals surface area contributed by atoms with Crippen molar-refractivity contribution in [2.24, 2.45) is 11.1 Å². The van der Waals surface area contributed by atoms with E-state index < -0.39 is 0 Å². The van der Waals surface area contributed by atoms with E-state index in [1.54, 1.807) is 0 Å². The average Bonchev–Trinajstić information content (AvgIpc) is 2.99. The largest absolute Gasteiger partial charge is 0.396 e. The minimum atomic E-state index is -0.0789. The second kappa shape index (κ2) is 32.8. The monoisotopic (exact) mass is 586 g/mol. The lowest BCUT2D eigenvalue weighted by atomic mass is 9.73. The van der Waals surface area contributed by atoms with Crippen LogP contribution in [0, 0.1) is 5.41 Å². The van der Waals surface area contributed by atoms with E-state index >= 15 is 0 Å². The van der Waals surface area contributed by atoms with E-state index in [0.29, 0.717) is 0 Å². The van der Waals surface area contributed by atoms with Crippen LogP contribution >= 0.6 is 0 Å². The summed E-state index contributed by atoms with van der Waals surface area (Å²) < 4.78 is 0. The molecule has 0 aliphatic heterocycles. The summed E-state index contributed by atoms with van der Waals surface area (Å²) in [4.78, 5) is 0.